The first-order valence-corrected chi connectivity index (χ1v) is 11.6. The number of halogens is 5. The van der Waals surface area contributed by atoms with Gasteiger partial charge in [-0.05, 0) is 29.8 Å². The quantitative estimate of drug-likeness (QED) is 0.381. The number of alkyl halides is 3. The van der Waals surface area contributed by atoms with Gasteiger partial charge in [0, 0.05) is 44.9 Å². The molecule has 0 bridgehead atoms. The number of urea groups is 1. The fourth-order valence-corrected chi connectivity index (χ4v) is 3.56. The molecule has 0 radical (unpaired) electrons. The van der Waals surface area contributed by atoms with E-state index in [1.54, 1.807) is 35.4 Å². The minimum absolute atomic E-state index is 0.115. The number of benzene rings is 2. The molecule has 2 heterocycles. The van der Waals surface area contributed by atoms with Crippen LogP contribution in [0.4, 0.5) is 23.8 Å². The standard InChI is InChI=1S/C21H21Cl2N5O2.C2HF3O2/c22-18-5-4-17(13-19(18)23)30-16-3-1-2-15(12-16)14-27-8-10-28(11-9-27)21(29)25-20-6-7-24-26-20;3-2(4,5)1(6)7/h1-7,12-13H,8-11,14H2,(H2,24,25,26,29);(H,6,7). The van der Waals surface area contributed by atoms with E-state index in [4.69, 9.17) is 37.8 Å². The number of rotatable bonds is 5. The van der Waals surface area contributed by atoms with Crippen molar-refractivity contribution in [3.63, 3.8) is 0 Å². The fraction of sp³-hybridized carbons (Fsp3) is 0.261. The zero-order valence-electron chi connectivity index (χ0n) is 19.1. The van der Waals surface area contributed by atoms with Gasteiger partial charge in [-0.25, -0.2) is 9.59 Å². The highest BCUT2D eigenvalue weighted by Crippen LogP contribution is 2.30. The molecule has 1 saturated heterocycles. The number of ether oxygens (including phenoxy) is 1. The normalized spacial score (nSPS) is 13.9. The van der Waals surface area contributed by atoms with Gasteiger partial charge in [0.1, 0.15) is 17.3 Å². The van der Waals surface area contributed by atoms with E-state index in [0.717, 1.165) is 30.9 Å². The van der Waals surface area contributed by atoms with E-state index in [9.17, 15) is 18.0 Å². The Labute approximate surface area is 219 Å². The highest BCUT2D eigenvalue weighted by Gasteiger charge is 2.38. The van der Waals surface area contributed by atoms with Crippen molar-refractivity contribution in [3.05, 3.63) is 70.3 Å². The van der Waals surface area contributed by atoms with Gasteiger partial charge in [0.2, 0.25) is 0 Å². The van der Waals surface area contributed by atoms with Crippen LogP contribution in [0.25, 0.3) is 0 Å². The summed E-state index contributed by atoms with van der Waals surface area (Å²) in [7, 11) is 0. The van der Waals surface area contributed by atoms with Gasteiger partial charge >= 0.3 is 18.2 Å². The van der Waals surface area contributed by atoms with Crippen LogP contribution in [-0.4, -0.2) is 69.5 Å². The predicted octanol–water partition coefficient (Wildman–Crippen LogP) is 5.49. The van der Waals surface area contributed by atoms with Crippen LogP contribution >= 0.6 is 23.2 Å². The summed E-state index contributed by atoms with van der Waals surface area (Å²) in [6.07, 6.45) is -3.48. The molecule has 3 N–H and O–H groups in total. The van der Waals surface area contributed by atoms with Crippen LogP contribution in [0.15, 0.2) is 54.7 Å². The molecule has 37 heavy (non-hydrogen) atoms. The molecule has 198 valence electrons. The molecule has 1 aliphatic rings. The Morgan fingerprint density at radius 2 is 1.70 bits per heavy atom. The average Bonchev–Trinajstić information content (AvgIpc) is 3.35. The van der Waals surface area contributed by atoms with Crippen molar-refractivity contribution in [1.82, 2.24) is 20.0 Å². The second-order valence-corrected chi connectivity index (χ2v) is 8.61. The monoisotopic (exact) mass is 559 g/mol. The summed E-state index contributed by atoms with van der Waals surface area (Å²) < 4.78 is 37.6. The van der Waals surface area contributed by atoms with E-state index in [-0.39, 0.29) is 6.03 Å². The van der Waals surface area contributed by atoms with Gasteiger partial charge in [-0.3, -0.25) is 15.3 Å². The number of aromatic amines is 1. The number of carbonyl (C=O) groups excluding carboxylic acids is 1. The molecule has 2 amide bonds. The first-order chi connectivity index (χ1) is 17.5. The second kappa shape index (κ2) is 12.7. The molecule has 0 saturated carbocycles. The molecule has 3 aromatic rings. The van der Waals surface area contributed by atoms with Crippen LogP contribution in [0.2, 0.25) is 10.0 Å². The van der Waals surface area contributed by atoms with Gasteiger partial charge in [-0.2, -0.15) is 18.3 Å². The first-order valence-electron chi connectivity index (χ1n) is 10.8. The summed E-state index contributed by atoms with van der Waals surface area (Å²) in [5.74, 6) is -0.782. The zero-order valence-corrected chi connectivity index (χ0v) is 20.6. The lowest BCUT2D eigenvalue weighted by Crippen LogP contribution is -2.49. The van der Waals surface area contributed by atoms with Crippen molar-refractivity contribution in [2.24, 2.45) is 0 Å². The van der Waals surface area contributed by atoms with E-state index < -0.39 is 12.1 Å². The molecule has 9 nitrogen and oxygen atoms in total. The molecule has 1 fully saturated rings. The number of carboxylic acid groups (broad SMARTS) is 1. The number of piperazine rings is 1. The van der Waals surface area contributed by atoms with Crippen molar-refractivity contribution in [2.75, 3.05) is 31.5 Å². The number of aromatic nitrogens is 2. The summed E-state index contributed by atoms with van der Waals surface area (Å²) in [6, 6.07) is 14.8. The SMILES string of the molecule is O=C(Nc1ccn[nH]1)N1CCN(Cc2cccc(Oc3ccc(Cl)c(Cl)c3)c2)CC1.O=C(O)C(F)(F)F. The van der Waals surface area contributed by atoms with E-state index >= 15 is 0 Å². The number of carbonyl (C=O) groups is 2. The maximum absolute atomic E-state index is 12.3. The third-order valence-electron chi connectivity index (χ3n) is 5.08. The highest BCUT2D eigenvalue weighted by atomic mass is 35.5. The lowest BCUT2D eigenvalue weighted by molar-refractivity contribution is -0.192. The van der Waals surface area contributed by atoms with Crippen molar-refractivity contribution < 1.29 is 32.6 Å². The van der Waals surface area contributed by atoms with Crippen molar-refractivity contribution in [1.29, 1.82) is 0 Å². The number of H-pyrrole nitrogens is 1. The molecule has 2 aromatic carbocycles. The summed E-state index contributed by atoms with van der Waals surface area (Å²) in [4.78, 5) is 25.3. The summed E-state index contributed by atoms with van der Waals surface area (Å²) in [5.41, 5.74) is 1.14. The van der Waals surface area contributed by atoms with Gasteiger partial charge in [0.05, 0.1) is 16.2 Å². The fourth-order valence-electron chi connectivity index (χ4n) is 3.27. The molecule has 0 atom stereocenters. The Hall–Kier alpha value is -3.48. The van der Waals surface area contributed by atoms with Gasteiger partial charge in [0.15, 0.2) is 0 Å². The number of carboxylic acids is 1. The molecular formula is C23H22Cl2F3N5O4. The number of nitrogens with zero attached hydrogens (tertiary/aromatic N) is 3. The van der Waals surface area contributed by atoms with Crippen molar-refractivity contribution in [2.45, 2.75) is 12.7 Å². The Morgan fingerprint density at radius 3 is 2.30 bits per heavy atom. The second-order valence-electron chi connectivity index (χ2n) is 7.79. The van der Waals surface area contributed by atoms with Gasteiger partial charge in [-0.15, -0.1) is 0 Å². The van der Waals surface area contributed by atoms with E-state index in [2.05, 4.69) is 26.5 Å². The molecule has 1 aliphatic heterocycles. The predicted molar refractivity (Wildman–Crippen MR) is 131 cm³/mol. The number of hydrogen-bond acceptors (Lipinski definition) is 5. The number of aliphatic carboxylic acids is 1. The molecule has 14 heteroatoms. The van der Waals surface area contributed by atoms with Crippen LogP contribution in [-0.2, 0) is 11.3 Å². The number of amides is 2. The number of anilines is 1. The Kier molecular flexibility index (Phi) is 9.61. The van der Waals surface area contributed by atoms with E-state index in [1.165, 1.54) is 0 Å². The first kappa shape index (κ1) is 28.1. The molecule has 1 aromatic heterocycles. The molecule has 4 rings (SSSR count). The largest absolute Gasteiger partial charge is 0.490 e. The molecule has 0 unspecified atom stereocenters. The molecule has 0 spiro atoms. The van der Waals surface area contributed by atoms with Crippen molar-refractivity contribution in [3.8, 4) is 11.5 Å². The van der Waals surface area contributed by atoms with Crippen LogP contribution in [0.5, 0.6) is 11.5 Å². The van der Waals surface area contributed by atoms with Gasteiger partial charge in [-0.1, -0.05) is 35.3 Å². The van der Waals surface area contributed by atoms with Gasteiger partial charge in [0.25, 0.3) is 0 Å². The summed E-state index contributed by atoms with van der Waals surface area (Å²) in [5, 5.41) is 17.5. The lowest BCUT2D eigenvalue weighted by atomic mass is 10.2. The maximum atomic E-state index is 12.3. The van der Waals surface area contributed by atoms with E-state index in [0.29, 0.717) is 34.7 Å². The van der Waals surface area contributed by atoms with Crippen molar-refractivity contribution >= 4 is 41.0 Å². The van der Waals surface area contributed by atoms with Crippen LogP contribution < -0.4 is 10.1 Å². The van der Waals surface area contributed by atoms with Crippen LogP contribution in [0.3, 0.4) is 0 Å². The zero-order chi connectivity index (χ0) is 27.0. The summed E-state index contributed by atoms with van der Waals surface area (Å²) in [6.45, 7) is 3.72. The van der Waals surface area contributed by atoms with E-state index in [1.807, 2.05) is 18.2 Å². The van der Waals surface area contributed by atoms with Gasteiger partial charge < -0.3 is 14.7 Å². The average molecular weight is 560 g/mol. The third kappa shape index (κ3) is 8.85. The summed E-state index contributed by atoms with van der Waals surface area (Å²) >= 11 is 12.0. The number of nitrogens with one attached hydrogen (secondary N) is 2. The minimum Gasteiger partial charge on any atom is -0.475 e. The Balaban J connectivity index is 0.000000479. The Morgan fingerprint density at radius 1 is 1.03 bits per heavy atom. The molecule has 0 aliphatic carbocycles. The topological polar surface area (TPSA) is 111 Å². The number of hydrogen-bond donors (Lipinski definition) is 3. The van der Waals surface area contributed by atoms with Crippen LogP contribution in [0, 0.1) is 0 Å². The minimum atomic E-state index is -5.08. The van der Waals surface area contributed by atoms with Crippen LogP contribution in [0.1, 0.15) is 5.56 Å². The smallest absolute Gasteiger partial charge is 0.475 e. The Bertz CT molecular complexity index is 1200. The lowest BCUT2D eigenvalue weighted by Gasteiger charge is -2.34. The maximum Gasteiger partial charge on any atom is 0.490 e. The third-order valence-corrected chi connectivity index (χ3v) is 5.81. The highest BCUT2D eigenvalue weighted by molar-refractivity contribution is 6.42. The molecular weight excluding hydrogens is 538 g/mol.